The van der Waals surface area contributed by atoms with E-state index in [-0.39, 0.29) is 10.6 Å². The Morgan fingerprint density at radius 3 is 2.83 bits per heavy atom. The molecule has 3 aromatic rings. The molecular formula is C17H14ClNO3S. The van der Waals surface area contributed by atoms with Crippen LogP contribution in [0.4, 0.5) is 0 Å². The summed E-state index contributed by atoms with van der Waals surface area (Å²) in [6, 6.07) is 10.0. The van der Waals surface area contributed by atoms with Gasteiger partial charge in [0.15, 0.2) is 5.43 Å². The molecule has 0 radical (unpaired) electrons. The van der Waals surface area contributed by atoms with Crippen molar-refractivity contribution < 1.29 is 9.15 Å². The van der Waals surface area contributed by atoms with Crippen molar-refractivity contribution in [2.24, 2.45) is 0 Å². The van der Waals surface area contributed by atoms with Crippen LogP contribution in [0.5, 0.6) is 0 Å². The van der Waals surface area contributed by atoms with Crippen LogP contribution in [-0.2, 0) is 6.42 Å². The molecule has 0 aliphatic carbocycles. The molecule has 2 heterocycles. The molecule has 23 heavy (non-hydrogen) atoms. The smallest absolute Gasteiger partial charge is 0.287 e. The van der Waals surface area contributed by atoms with Crippen molar-refractivity contribution in [1.29, 1.82) is 0 Å². The van der Waals surface area contributed by atoms with Crippen LogP contribution in [0.3, 0.4) is 0 Å². The highest BCUT2D eigenvalue weighted by Gasteiger charge is 2.15. The molecule has 0 saturated carbocycles. The fourth-order valence-electron chi connectivity index (χ4n) is 2.31. The molecular weight excluding hydrogens is 334 g/mol. The number of aryl methyl sites for hydroxylation is 2. The SMILES string of the molecule is CCc1cc(=O)c2ccc(Sc3cccc(Cl)[n+]3[O-])c(C)c2o1. The van der Waals surface area contributed by atoms with Gasteiger partial charge in [0.05, 0.1) is 5.39 Å². The number of nitrogens with zero attached hydrogens (tertiary/aromatic N) is 1. The van der Waals surface area contributed by atoms with Crippen molar-refractivity contribution in [2.75, 3.05) is 0 Å². The Hall–Kier alpha value is -1.98. The fraction of sp³-hybridized carbons (Fsp3) is 0.176. The molecule has 0 spiro atoms. The molecule has 0 saturated heterocycles. The first-order valence-corrected chi connectivity index (χ1v) is 8.33. The number of pyridine rings is 1. The van der Waals surface area contributed by atoms with Crippen LogP contribution in [-0.4, -0.2) is 0 Å². The maximum absolute atomic E-state index is 12.1. The Bertz CT molecular complexity index is 952. The second-order valence-electron chi connectivity index (χ2n) is 5.08. The molecule has 0 atom stereocenters. The monoisotopic (exact) mass is 347 g/mol. The van der Waals surface area contributed by atoms with Gasteiger partial charge in [-0.1, -0.05) is 6.92 Å². The van der Waals surface area contributed by atoms with E-state index in [1.54, 1.807) is 24.3 Å². The first-order valence-electron chi connectivity index (χ1n) is 7.13. The Morgan fingerprint density at radius 2 is 2.09 bits per heavy atom. The van der Waals surface area contributed by atoms with E-state index < -0.39 is 0 Å². The Morgan fingerprint density at radius 1 is 1.30 bits per heavy atom. The fourth-order valence-corrected chi connectivity index (χ4v) is 3.46. The number of hydrogen-bond acceptors (Lipinski definition) is 4. The maximum Gasteiger partial charge on any atom is 0.287 e. The van der Waals surface area contributed by atoms with E-state index in [0.717, 1.165) is 10.5 Å². The van der Waals surface area contributed by atoms with Gasteiger partial charge in [0, 0.05) is 35.1 Å². The summed E-state index contributed by atoms with van der Waals surface area (Å²) in [4.78, 5) is 13.0. The number of fused-ring (bicyclic) bond motifs is 1. The van der Waals surface area contributed by atoms with Gasteiger partial charge >= 0.3 is 0 Å². The molecule has 2 aromatic heterocycles. The normalized spacial score (nSPS) is 11.1. The Balaban J connectivity index is 2.14. The Kier molecular flexibility index (Phi) is 4.33. The van der Waals surface area contributed by atoms with E-state index in [1.165, 1.54) is 17.8 Å². The highest BCUT2D eigenvalue weighted by molar-refractivity contribution is 7.99. The lowest BCUT2D eigenvalue weighted by Gasteiger charge is -2.09. The van der Waals surface area contributed by atoms with Gasteiger partial charge in [0.25, 0.3) is 10.2 Å². The molecule has 6 heteroatoms. The number of benzene rings is 1. The molecule has 3 rings (SSSR count). The Labute approximate surface area is 142 Å². The standard InChI is InChI=1S/C17H14ClNO3S/c1-3-11-9-13(20)12-7-8-14(10(2)17(12)22-11)23-16-6-4-5-15(18)19(16)21/h4-9H,3H2,1-2H3. The van der Waals surface area contributed by atoms with Gasteiger partial charge in [0.1, 0.15) is 11.3 Å². The minimum Gasteiger partial charge on any atom is -0.617 e. The lowest BCUT2D eigenvalue weighted by atomic mass is 10.1. The quantitative estimate of drug-likeness (QED) is 0.406. The average molecular weight is 348 g/mol. The third-order valence-electron chi connectivity index (χ3n) is 3.58. The van der Waals surface area contributed by atoms with E-state index in [0.29, 0.717) is 32.9 Å². The molecule has 0 aliphatic heterocycles. The largest absolute Gasteiger partial charge is 0.617 e. The summed E-state index contributed by atoms with van der Waals surface area (Å²) in [5.41, 5.74) is 1.35. The lowest BCUT2D eigenvalue weighted by Crippen LogP contribution is -2.30. The van der Waals surface area contributed by atoms with Crippen LogP contribution in [0.1, 0.15) is 18.2 Å². The second-order valence-corrected chi connectivity index (χ2v) is 6.53. The summed E-state index contributed by atoms with van der Waals surface area (Å²) >= 11 is 7.15. The molecule has 0 unspecified atom stereocenters. The lowest BCUT2D eigenvalue weighted by molar-refractivity contribution is -0.643. The van der Waals surface area contributed by atoms with E-state index in [9.17, 15) is 10.0 Å². The molecule has 0 N–H and O–H groups in total. The van der Waals surface area contributed by atoms with Crippen LogP contribution >= 0.6 is 23.4 Å². The molecule has 4 nitrogen and oxygen atoms in total. The third kappa shape index (κ3) is 2.94. The highest BCUT2D eigenvalue weighted by Crippen LogP contribution is 2.32. The summed E-state index contributed by atoms with van der Waals surface area (Å²) in [6.45, 7) is 3.82. The van der Waals surface area contributed by atoms with Crippen LogP contribution < -0.4 is 10.2 Å². The van der Waals surface area contributed by atoms with Crippen molar-refractivity contribution in [1.82, 2.24) is 0 Å². The van der Waals surface area contributed by atoms with Gasteiger partial charge in [0.2, 0.25) is 0 Å². The molecule has 118 valence electrons. The van der Waals surface area contributed by atoms with Crippen molar-refractivity contribution in [3.8, 4) is 0 Å². The van der Waals surface area contributed by atoms with E-state index in [1.807, 2.05) is 19.9 Å². The topological polar surface area (TPSA) is 57.1 Å². The number of rotatable bonds is 3. The van der Waals surface area contributed by atoms with Gasteiger partial charge in [-0.15, -0.1) is 4.73 Å². The first kappa shape index (κ1) is 15.9. The summed E-state index contributed by atoms with van der Waals surface area (Å²) in [5, 5.41) is 13.1. The van der Waals surface area contributed by atoms with Gasteiger partial charge in [-0.05, 0) is 48.5 Å². The zero-order valence-electron chi connectivity index (χ0n) is 12.6. The summed E-state index contributed by atoms with van der Waals surface area (Å²) in [6.07, 6.45) is 0.650. The van der Waals surface area contributed by atoms with Crippen LogP contribution in [0.2, 0.25) is 5.15 Å². The van der Waals surface area contributed by atoms with Crippen LogP contribution in [0.25, 0.3) is 11.0 Å². The summed E-state index contributed by atoms with van der Waals surface area (Å²) in [7, 11) is 0. The van der Waals surface area contributed by atoms with Crippen LogP contribution in [0, 0.1) is 12.1 Å². The molecule has 0 bridgehead atoms. The van der Waals surface area contributed by atoms with Crippen LogP contribution in [0.15, 0.2) is 55.5 Å². The molecule has 1 aromatic carbocycles. The van der Waals surface area contributed by atoms with E-state index >= 15 is 0 Å². The van der Waals surface area contributed by atoms with E-state index in [2.05, 4.69) is 0 Å². The predicted molar refractivity (Wildman–Crippen MR) is 91.1 cm³/mol. The zero-order chi connectivity index (χ0) is 16.6. The zero-order valence-corrected chi connectivity index (χ0v) is 14.2. The van der Waals surface area contributed by atoms with Crippen molar-refractivity contribution >= 4 is 34.3 Å². The number of hydrogen-bond donors (Lipinski definition) is 0. The van der Waals surface area contributed by atoms with Gasteiger partial charge in [-0.25, -0.2) is 0 Å². The highest BCUT2D eigenvalue weighted by atomic mass is 35.5. The minimum absolute atomic E-state index is 0.0515. The first-order chi connectivity index (χ1) is 11.0. The minimum atomic E-state index is -0.0515. The average Bonchev–Trinajstić information content (AvgIpc) is 2.54. The molecule has 0 aliphatic rings. The number of aromatic nitrogens is 1. The van der Waals surface area contributed by atoms with Crippen molar-refractivity contribution in [3.05, 3.63) is 68.3 Å². The predicted octanol–water partition coefficient (Wildman–Crippen LogP) is 4.10. The van der Waals surface area contributed by atoms with E-state index in [4.69, 9.17) is 16.0 Å². The van der Waals surface area contributed by atoms with Crippen molar-refractivity contribution in [3.63, 3.8) is 0 Å². The number of halogens is 1. The summed E-state index contributed by atoms with van der Waals surface area (Å²) in [5.74, 6) is 0.648. The molecule has 0 amide bonds. The van der Waals surface area contributed by atoms with Gasteiger partial charge < -0.3 is 9.62 Å². The molecule has 0 fully saturated rings. The second kappa shape index (κ2) is 6.26. The maximum atomic E-state index is 12.1. The van der Waals surface area contributed by atoms with Crippen molar-refractivity contribution in [2.45, 2.75) is 30.2 Å². The summed E-state index contributed by atoms with van der Waals surface area (Å²) < 4.78 is 6.51. The van der Waals surface area contributed by atoms with Gasteiger partial charge in [-0.2, -0.15) is 0 Å². The van der Waals surface area contributed by atoms with Gasteiger partial charge in [-0.3, -0.25) is 4.79 Å². The third-order valence-corrected chi connectivity index (χ3v) is 5.03.